The molecule has 0 aliphatic carbocycles. The van der Waals surface area contributed by atoms with Crippen molar-refractivity contribution in [3.05, 3.63) is 12.7 Å². The van der Waals surface area contributed by atoms with Crippen LogP contribution < -0.4 is 10.6 Å². The number of hydrogen-bond donors (Lipinski definition) is 3. The van der Waals surface area contributed by atoms with E-state index in [1.807, 2.05) is 6.08 Å². The van der Waals surface area contributed by atoms with E-state index in [-0.39, 0.29) is 5.91 Å². The third-order valence-corrected chi connectivity index (χ3v) is 3.95. The van der Waals surface area contributed by atoms with E-state index in [1.165, 1.54) is 32.1 Å². The Hall–Kier alpha value is -0.870. The third kappa shape index (κ3) is 19.1. The van der Waals surface area contributed by atoms with Crippen LogP contribution in [0.2, 0.25) is 0 Å². The number of carbonyl (C=O) groups is 1. The van der Waals surface area contributed by atoms with Crippen LogP contribution in [0.1, 0.15) is 77.0 Å². The van der Waals surface area contributed by atoms with Crippen molar-refractivity contribution < 1.29 is 9.90 Å². The molecule has 1 amide bonds. The van der Waals surface area contributed by atoms with Crippen molar-refractivity contribution in [1.29, 1.82) is 0 Å². The van der Waals surface area contributed by atoms with E-state index in [4.69, 9.17) is 5.11 Å². The molecular formula is C19H38N2O2. The molecule has 4 nitrogen and oxygen atoms in total. The highest BCUT2D eigenvalue weighted by Gasteiger charge is 1.99. The Kier molecular flexibility index (Phi) is 18.5. The molecule has 3 N–H and O–H groups in total. The Bertz CT molecular complexity index is 270. The molecule has 23 heavy (non-hydrogen) atoms. The summed E-state index contributed by atoms with van der Waals surface area (Å²) in [5.41, 5.74) is 0. The number of carbonyl (C=O) groups excluding carboxylic acids is 1. The summed E-state index contributed by atoms with van der Waals surface area (Å²) in [5.74, 6) is 0.174. The molecule has 0 saturated heterocycles. The topological polar surface area (TPSA) is 61.4 Å². The summed E-state index contributed by atoms with van der Waals surface area (Å²) in [6.07, 6.45) is 15.2. The van der Waals surface area contributed by atoms with Gasteiger partial charge in [0, 0.05) is 26.1 Å². The normalized spacial score (nSPS) is 10.7. The molecule has 0 aromatic heterocycles. The Labute approximate surface area is 143 Å². The van der Waals surface area contributed by atoms with Crippen LogP contribution in [0.4, 0.5) is 0 Å². The second-order valence-electron chi connectivity index (χ2n) is 6.19. The summed E-state index contributed by atoms with van der Waals surface area (Å²) in [5, 5.41) is 15.0. The first kappa shape index (κ1) is 22.1. The predicted octanol–water partition coefficient (Wildman–Crippen LogP) is 3.55. The highest BCUT2D eigenvalue weighted by molar-refractivity contribution is 5.75. The van der Waals surface area contributed by atoms with Gasteiger partial charge in [-0.15, -0.1) is 6.58 Å². The van der Waals surface area contributed by atoms with Gasteiger partial charge in [-0.05, 0) is 38.6 Å². The lowest BCUT2D eigenvalue weighted by atomic mass is 10.1. The molecular weight excluding hydrogens is 288 g/mol. The molecule has 0 aliphatic rings. The summed E-state index contributed by atoms with van der Waals surface area (Å²) in [4.78, 5) is 11.6. The van der Waals surface area contributed by atoms with Crippen molar-refractivity contribution in [2.75, 3.05) is 26.2 Å². The fourth-order valence-electron chi connectivity index (χ4n) is 2.50. The molecule has 0 rings (SSSR count). The number of hydrogen-bond acceptors (Lipinski definition) is 3. The molecule has 0 saturated carbocycles. The van der Waals surface area contributed by atoms with Crippen LogP contribution in [0.15, 0.2) is 12.7 Å². The Balaban J connectivity index is 3.11. The SMILES string of the molecule is C=CCCCCCC(=O)NCCNCCCCCCCCCO. The molecule has 0 atom stereocenters. The molecule has 0 bridgehead atoms. The van der Waals surface area contributed by atoms with E-state index >= 15 is 0 Å². The summed E-state index contributed by atoms with van der Waals surface area (Å²) < 4.78 is 0. The van der Waals surface area contributed by atoms with Gasteiger partial charge in [0.1, 0.15) is 0 Å². The summed E-state index contributed by atoms with van der Waals surface area (Å²) >= 11 is 0. The average molecular weight is 327 g/mol. The summed E-state index contributed by atoms with van der Waals surface area (Å²) in [7, 11) is 0. The number of amides is 1. The quantitative estimate of drug-likeness (QED) is 0.267. The van der Waals surface area contributed by atoms with Crippen LogP contribution >= 0.6 is 0 Å². The van der Waals surface area contributed by atoms with Gasteiger partial charge in [-0.3, -0.25) is 4.79 Å². The van der Waals surface area contributed by atoms with Crippen LogP contribution in [-0.4, -0.2) is 37.3 Å². The van der Waals surface area contributed by atoms with Crippen molar-refractivity contribution in [1.82, 2.24) is 10.6 Å². The Morgan fingerprint density at radius 3 is 2.17 bits per heavy atom. The lowest BCUT2D eigenvalue weighted by molar-refractivity contribution is -0.121. The molecule has 0 fully saturated rings. The Morgan fingerprint density at radius 2 is 1.48 bits per heavy atom. The van der Waals surface area contributed by atoms with Gasteiger partial charge < -0.3 is 15.7 Å². The lowest BCUT2D eigenvalue weighted by Gasteiger charge is -2.07. The minimum atomic E-state index is 0.174. The number of aliphatic hydroxyl groups excluding tert-OH is 1. The van der Waals surface area contributed by atoms with Crippen LogP contribution in [0, 0.1) is 0 Å². The summed E-state index contributed by atoms with van der Waals surface area (Å²) in [6, 6.07) is 0. The number of allylic oxidation sites excluding steroid dienone is 1. The van der Waals surface area contributed by atoms with Gasteiger partial charge in [0.15, 0.2) is 0 Å². The predicted molar refractivity (Wildman–Crippen MR) is 98.6 cm³/mol. The first-order valence-corrected chi connectivity index (χ1v) is 9.50. The van der Waals surface area contributed by atoms with Gasteiger partial charge in [-0.1, -0.05) is 44.6 Å². The minimum absolute atomic E-state index is 0.174. The zero-order chi connectivity index (χ0) is 17.0. The molecule has 4 heteroatoms. The van der Waals surface area contributed by atoms with Crippen LogP contribution in [0.25, 0.3) is 0 Å². The largest absolute Gasteiger partial charge is 0.396 e. The van der Waals surface area contributed by atoms with Gasteiger partial charge in [-0.25, -0.2) is 0 Å². The maximum absolute atomic E-state index is 11.6. The van der Waals surface area contributed by atoms with Crippen molar-refractivity contribution >= 4 is 5.91 Å². The van der Waals surface area contributed by atoms with Gasteiger partial charge in [0.25, 0.3) is 0 Å². The molecule has 0 spiro atoms. The van der Waals surface area contributed by atoms with Gasteiger partial charge >= 0.3 is 0 Å². The maximum atomic E-state index is 11.6. The minimum Gasteiger partial charge on any atom is -0.396 e. The first-order valence-electron chi connectivity index (χ1n) is 9.50. The molecule has 0 heterocycles. The number of nitrogens with one attached hydrogen (secondary N) is 2. The van der Waals surface area contributed by atoms with E-state index in [0.717, 1.165) is 58.2 Å². The number of unbranched alkanes of at least 4 members (excludes halogenated alkanes) is 9. The second-order valence-corrected chi connectivity index (χ2v) is 6.19. The zero-order valence-corrected chi connectivity index (χ0v) is 15.0. The first-order chi connectivity index (χ1) is 11.3. The highest BCUT2D eigenvalue weighted by atomic mass is 16.2. The molecule has 0 aliphatic heterocycles. The average Bonchev–Trinajstić information content (AvgIpc) is 2.55. The third-order valence-electron chi connectivity index (χ3n) is 3.95. The molecule has 136 valence electrons. The molecule has 0 aromatic carbocycles. The van der Waals surface area contributed by atoms with Gasteiger partial charge in [-0.2, -0.15) is 0 Å². The van der Waals surface area contributed by atoms with Gasteiger partial charge in [0.05, 0.1) is 0 Å². The van der Waals surface area contributed by atoms with E-state index < -0.39 is 0 Å². The molecule has 0 radical (unpaired) electrons. The fourth-order valence-corrected chi connectivity index (χ4v) is 2.50. The van der Waals surface area contributed by atoms with E-state index in [0.29, 0.717) is 13.0 Å². The lowest BCUT2D eigenvalue weighted by Crippen LogP contribution is -2.32. The maximum Gasteiger partial charge on any atom is 0.220 e. The second kappa shape index (κ2) is 19.2. The monoisotopic (exact) mass is 326 g/mol. The van der Waals surface area contributed by atoms with Crippen molar-refractivity contribution in [3.8, 4) is 0 Å². The van der Waals surface area contributed by atoms with Crippen LogP contribution in [0.5, 0.6) is 0 Å². The van der Waals surface area contributed by atoms with E-state index in [9.17, 15) is 4.79 Å². The molecule has 0 aromatic rings. The molecule has 0 unspecified atom stereocenters. The van der Waals surface area contributed by atoms with Crippen molar-refractivity contribution in [3.63, 3.8) is 0 Å². The van der Waals surface area contributed by atoms with E-state index in [2.05, 4.69) is 17.2 Å². The smallest absolute Gasteiger partial charge is 0.220 e. The zero-order valence-electron chi connectivity index (χ0n) is 15.0. The van der Waals surface area contributed by atoms with Crippen LogP contribution in [0.3, 0.4) is 0 Å². The summed E-state index contributed by atoms with van der Waals surface area (Å²) in [6.45, 7) is 6.65. The van der Waals surface area contributed by atoms with Crippen LogP contribution in [-0.2, 0) is 4.79 Å². The number of aliphatic hydroxyl groups is 1. The highest BCUT2D eigenvalue weighted by Crippen LogP contribution is 2.06. The van der Waals surface area contributed by atoms with E-state index in [1.54, 1.807) is 0 Å². The van der Waals surface area contributed by atoms with Gasteiger partial charge in [0.2, 0.25) is 5.91 Å². The Morgan fingerprint density at radius 1 is 0.826 bits per heavy atom. The fraction of sp³-hybridized carbons (Fsp3) is 0.842. The number of rotatable bonds is 18. The van der Waals surface area contributed by atoms with Crippen molar-refractivity contribution in [2.45, 2.75) is 77.0 Å². The van der Waals surface area contributed by atoms with Crippen molar-refractivity contribution in [2.24, 2.45) is 0 Å². The standard InChI is InChI=1S/C19H38N2O2/c1-2-3-4-8-11-14-19(23)21-17-16-20-15-12-9-6-5-7-10-13-18-22/h2,20,22H,1,3-18H2,(H,21,23).